The number of benzene rings is 1. The Balaban J connectivity index is 1.61. The average Bonchev–Trinajstić information content (AvgIpc) is 2.93. The van der Waals surface area contributed by atoms with Gasteiger partial charge in [0.15, 0.2) is 0 Å². The quantitative estimate of drug-likeness (QED) is 0.762. The molecule has 1 amide bonds. The van der Waals surface area contributed by atoms with Gasteiger partial charge in [-0.1, -0.05) is 30.3 Å². The van der Waals surface area contributed by atoms with E-state index in [1.165, 1.54) is 5.56 Å². The zero-order chi connectivity index (χ0) is 18.3. The monoisotopic (exact) mass is 349 g/mol. The number of nitrogens with zero attached hydrogens (tertiary/aromatic N) is 1. The minimum absolute atomic E-state index is 0.338. The topological polar surface area (TPSA) is 59.0 Å². The van der Waals surface area contributed by atoms with Crippen molar-refractivity contribution < 1.29 is 19.4 Å². The van der Waals surface area contributed by atoms with Crippen molar-refractivity contribution in [3.63, 3.8) is 0 Å². The maximum absolute atomic E-state index is 12.1. The third kappa shape index (κ3) is 7.04. The normalized spacial score (nSPS) is 20.7. The number of ether oxygens (including phenoxy) is 2. The second kappa shape index (κ2) is 8.68. The van der Waals surface area contributed by atoms with Crippen LogP contribution in [-0.2, 0) is 16.1 Å². The summed E-state index contributed by atoms with van der Waals surface area (Å²) >= 11 is 0. The summed E-state index contributed by atoms with van der Waals surface area (Å²) in [6.07, 6.45) is 2.74. The van der Waals surface area contributed by atoms with Crippen LogP contribution >= 0.6 is 0 Å². The predicted octanol–water partition coefficient (Wildman–Crippen LogP) is 3.75. The van der Waals surface area contributed by atoms with Crippen LogP contribution in [0.25, 0.3) is 0 Å². The van der Waals surface area contributed by atoms with Crippen molar-refractivity contribution in [1.82, 2.24) is 4.90 Å². The third-order valence-corrected chi connectivity index (χ3v) is 4.28. The molecule has 1 aromatic rings. The van der Waals surface area contributed by atoms with Crippen molar-refractivity contribution in [2.45, 2.75) is 64.3 Å². The molecule has 0 bridgehead atoms. The van der Waals surface area contributed by atoms with Crippen molar-refractivity contribution in [1.29, 1.82) is 0 Å². The van der Waals surface area contributed by atoms with Crippen LogP contribution in [0.15, 0.2) is 30.3 Å². The van der Waals surface area contributed by atoms with Gasteiger partial charge in [0, 0.05) is 13.2 Å². The number of likely N-dealkylation sites (tertiary alicyclic amines) is 1. The van der Waals surface area contributed by atoms with Crippen LogP contribution in [0.4, 0.5) is 4.79 Å². The molecule has 0 radical (unpaired) electrons. The van der Waals surface area contributed by atoms with Crippen molar-refractivity contribution in [3.05, 3.63) is 35.9 Å². The fraction of sp³-hybridized carbons (Fsp3) is 0.650. The molecule has 1 N–H and O–H groups in total. The number of β-amino-alcohol motifs (C(OH)–C–C–N with tert-alkyl or cyclic N) is 1. The van der Waals surface area contributed by atoms with E-state index in [-0.39, 0.29) is 6.09 Å². The Bertz CT molecular complexity index is 540. The molecular formula is C20H31NO4. The number of hydrogen-bond acceptors (Lipinski definition) is 4. The lowest BCUT2D eigenvalue weighted by molar-refractivity contribution is 0.0108. The molecule has 0 aromatic heterocycles. The average molecular weight is 349 g/mol. The van der Waals surface area contributed by atoms with Gasteiger partial charge in [-0.15, -0.1) is 0 Å². The van der Waals surface area contributed by atoms with E-state index in [4.69, 9.17) is 9.47 Å². The van der Waals surface area contributed by atoms with E-state index in [2.05, 4.69) is 0 Å². The van der Waals surface area contributed by atoms with E-state index in [9.17, 15) is 9.90 Å². The highest BCUT2D eigenvalue weighted by Gasteiger charge is 2.39. The van der Waals surface area contributed by atoms with Crippen LogP contribution in [-0.4, -0.2) is 47.0 Å². The van der Waals surface area contributed by atoms with Gasteiger partial charge >= 0.3 is 6.09 Å². The van der Waals surface area contributed by atoms with Crippen LogP contribution in [0.2, 0.25) is 0 Å². The fourth-order valence-corrected chi connectivity index (χ4v) is 2.97. The standard InChI is InChI=1S/C20H31NO4/c1-19(2,3)25-18(22)21-13-12-20(23,16-21)11-7-8-14-24-15-17-9-5-4-6-10-17/h4-6,9-10,23H,7-8,11-16H2,1-3H3. The molecule has 1 aromatic carbocycles. The zero-order valence-corrected chi connectivity index (χ0v) is 15.7. The molecular weight excluding hydrogens is 318 g/mol. The van der Waals surface area contributed by atoms with Crippen LogP contribution in [0.5, 0.6) is 0 Å². The van der Waals surface area contributed by atoms with Gasteiger partial charge in [-0.3, -0.25) is 0 Å². The molecule has 2 rings (SSSR count). The van der Waals surface area contributed by atoms with Crippen molar-refractivity contribution >= 4 is 6.09 Å². The summed E-state index contributed by atoms with van der Waals surface area (Å²) in [6.45, 7) is 7.76. The maximum atomic E-state index is 12.1. The molecule has 1 heterocycles. The fourth-order valence-electron chi connectivity index (χ4n) is 2.97. The van der Waals surface area contributed by atoms with Crippen molar-refractivity contribution in [2.75, 3.05) is 19.7 Å². The van der Waals surface area contributed by atoms with Gasteiger partial charge in [0.05, 0.1) is 18.8 Å². The van der Waals surface area contributed by atoms with Gasteiger partial charge < -0.3 is 19.5 Å². The highest BCUT2D eigenvalue weighted by Crippen LogP contribution is 2.28. The van der Waals surface area contributed by atoms with E-state index in [0.29, 0.717) is 39.1 Å². The second-order valence-corrected chi connectivity index (χ2v) is 7.87. The van der Waals surface area contributed by atoms with E-state index >= 15 is 0 Å². The lowest BCUT2D eigenvalue weighted by Crippen LogP contribution is -2.39. The number of carbonyl (C=O) groups is 1. The van der Waals surface area contributed by atoms with Crippen LogP contribution in [0, 0.1) is 0 Å². The molecule has 0 spiro atoms. The first-order valence-electron chi connectivity index (χ1n) is 9.09. The summed E-state index contributed by atoms with van der Waals surface area (Å²) < 4.78 is 11.0. The molecule has 1 aliphatic heterocycles. The molecule has 0 saturated carbocycles. The van der Waals surface area contributed by atoms with Crippen LogP contribution < -0.4 is 0 Å². The largest absolute Gasteiger partial charge is 0.444 e. The third-order valence-electron chi connectivity index (χ3n) is 4.28. The molecule has 5 heteroatoms. The second-order valence-electron chi connectivity index (χ2n) is 7.87. The lowest BCUT2D eigenvalue weighted by Gasteiger charge is -2.26. The molecule has 1 saturated heterocycles. The summed E-state index contributed by atoms with van der Waals surface area (Å²) in [5, 5.41) is 10.7. The molecule has 1 aliphatic rings. The van der Waals surface area contributed by atoms with Gasteiger partial charge in [-0.05, 0) is 52.0 Å². The predicted molar refractivity (Wildman–Crippen MR) is 97.3 cm³/mol. The molecule has 1 atom stereocenters. The number of rotatable bonds is 7. The molecule has 0 aliphatic carbocycles. The van der Waals surface area contributed by atoms with E-state index < -0.39 is 11.2 Å². The maximum Gasteiger partial charge on any atom is 0.410 e. The van der Waals surface area contributed by atoms with E-state index in [1.54, 1.807) is 4.90 Å². The summed E-state index contributed by atoms with van der Waals surface area (Å²) in [5.41, 5.74) is -0.130. The summed E-state index contributed by atoms with van der Waals surface area (Å²) in [4.78, 5) is 13.7. The first kappa shape index (κ1) is 19.7. The van der Waals surface area contributed by atoms with Crippen molar-refractivity contribution in [3.8, 4) is 0 Å². The van der Waals surface area contributed by atoms with Gasteiger partial charge in [-0.2, -0.15) is 0 Å². The van der Waals surface area contributed by atoms with E-state index in [0.717, 1.165) is 12.8 Å². The van der Waals surface area contributed by atoms with Crippen molar-refractivity contribution in [2.24, 2.45) is 0 Å². The van der Waals surface area contributed by atoms with E-state index in [1.807, 2.05) is 51.1 Å². The Morgan fingerprint density at radius 2 is 1.96 bits per heavy atom. The highest BCUT2D eigenvalue weighted by molar-refractivity contribution is 5.68. The van der Waals surface area contributed by atoms with Crippen LogP contribution in [0.1, 0.15) is 52.0 Å². The minimum atomic E-state index is -0.795. The number of carbonyl (C=O) groups excluding carboxylic acids is 1. The summed E-state index contributed by atoms with van der Waals surface area (Å²) in [5.74, 6) is 0. The Morgan fingerprint density at radius 1 is 1.24 bits per heavy atom. The van der Waals surface area contributed by atoms with Gasteiger partial charge in [0.25, 0.3) is 0 Å². The summed E-state index contributed by atoms with van der Waals surface area (Å²) in [6, 6.07) is 10.1. The number of aliphatic hydroxyl groups is 1. The molecule has 140 valence electrons. The molecule has 5 nitrogen and oxygen atoms in total. The first-order chi connectivity index (χ1) is 11.8. The summed E-state index contributed by atoms with van der Waals surface area (Å²) in [7, 11) is 0. The SMILES string of the molecule is CC(C)(C)OC(=O)N1CCC(O)(CCCCOCc2ccccc2)C1. The lowest BCUT2D eigenvalue weighted by atomic mass is 9.96. The molecule has 25 heavy (non-hydrogen) atoms. The highest BCUT2D eigenvalue weighted by atomic mass is 16.6. The zero-order valence-electron chi connectivity index (χ0n) is 15.7. The number of hydrogen-bond donors (Lipinski definition) is 1. The van der Waals surface area contributed by atoms with Gasteiger partial charge in [-0.25, -0.2) is 4.79 Å². The Morgan fingerprint density at radius 3 is 2.64 bits per heavy atom. The minimum Gasteiger partial charge on any atom is -0.444 e. The number of unbranched alkanes of at least 4 members (excludes halogenated alkanes) is 1. The number of amides is 1. The Hall–Kier alpha value is -1.59. The Labute approximate surface area is 150 Å². The van der Waals surface area contributed by atoms with Gasteiger partial charge in [0.1, 0.15) is 5.60 Å². The first-order valence-corrected chi connectivity index (χ1v) is 9.09. The molecule has 1 fully saturated rings. The Kier molecular flexibility index (Phi) is 6.85. The molecule has 1 unspecified atom stereocenters. The van der Waals surface area contributed by atoms with Gasteiger partial charge in [0.2, 0.25) is 0 Å². The smallest absolute Gasteiger partial charge is 0.410 e. The van der Waals surface area contributed by atoms with Crippen LogP contribution in [0.3, 0.4) is 0 Å².